The van der Waals surface area contributed by atoms with Gasteiger partial charge in [-0.05, 0) is 36.8 Å². The molecule has 0 aliphatic rings. The molecule has 0 unspecified atom stereocenters. The standard InChI is InChI=1S/C14H15BrN2/c1-11(12-5-7-13(15)8-6-12)17-10-14-4-2-3-9-16-14/h2-9,11,17H,10H2,1H3/t11-/m1/s1. The highest BCUT2D eigenvalue weighted by Crippen LogP contribution is 2.16. The predicted molar refractivity (Wildman–Crippen MR) is 73.6 cm³/mol. The highest BCUT2D eigenvalue weighted by atomic mass is 79.9. The summed E-state index contributed by atoms with van der Waals surface area (Å²) in [7, 11) is 0. The highest BCUT2D eigenvalue weighted by Gasteiger charge is 2.04. The number of nitrogens with zero attached hydrogens (tertiary/aromatic N) is 1. The lowest BCUT2D eigenvalue weighted by Crippen LogP contribution is -2.18. The van der Waals surface area contributed by atoms with Crippen molar-refractivity contribution in [3.63, 3.8) is 0 Å². The van der Waals surface area contributed by atoms with Gasteiger partial charge >= 0.3 is 0 Å². The fourth-order valence-corrected chi connectivity index (χ4v) is 1.89. The number of pyridine rings is 1. The van der Waals surface area contributed by atoms with Crippen LogP contribution in [-0.4, -0.2) is 4.98 Å². The van der Waals surface area contributed by atoms with Crippen molar-refractivity contribution in [2.45, 2.75) is 19.5 Å². The zero-order valence-electron chi connectivity index (χ0n) is 9.73. The third-order valence-electron chi connectivity index (χ3n) is 2.69. The average molecular weight is 291 g/mol. The lowest BCUT2D eigenvalue weighted by atomic mass is 10.1. The Morgan fingerprint density at radius 1 is 1.18 bits per heavy atom. The van der Waals surface area contributed by atoms with Crippen molar-refractivity contribution < 1.29 is 0 Å². The molecule has 0 saturated carbocycles. The highest BCUT2D eigenvalue weighted by molar-refractivity contribution is 9.10. The molecule has 2 aromatic rings. The van der Waals surface area contributed by atoms with E-state index in [1.54, 1.807) is 0 Å². The summed E-state index contributed by atoms with van der Waals surface area (Å²) in [6.07, 6.45) is 1.82. The monoisotopic (exact) mass is 290 g/mol. The predicted octanol–water partition coefficient (Wildman–Crippen LogP) is 3.69. The fourth-order valence-electron chi connectivity index (χ4n) is 1.63. The van der Waals surface area contributed by atoms with Crippen LogP contribution in [0.1, 0.15) is 24.2 Å². The molecule has 88 valence electrons. The molecule has 0 aliphatic carbocycles. The van der Waals surface area contributed by atoms with Crippen LogP contribution in [0.25, 0.3) is 0 Å². The number of halogens is 1. The van der Waals surface area contributed by atoms with Crippen molar-refractivity contribution in [1.82, 2.24) is 10.3 Å². The van der Waals surface area contributed by atoms with E-state index in [1.165, 1.54) is 5.56 Å². The molecule has 3 heteroatoms. The van der Waals surface area contributed by atoms with Gasteiger partial charge < -0.3 is 5.32 Å². The first-order valence-corrected chi connectivity index (χ1v) is 6.44. The Morgan fingerprint density at radius 2 is 1.94 bits per heavy atom. The number of rotatable bonds is 4. The van der Waals surface area contributed by atoms with E-state index in [0.717, 1.165) is 16.7 Å². The topological polar surface area (TPSA) is 24.9 Å². The van der Waals surface area contributed by atoms with Crippen LogP contribution < -0.4 is 5.32 Å². The quantitative estimate of drug-likeness (QED) is 0.929. The van der Waals surface area contributed by atoms with Crippen molar-refractivity contribution in [2.24, 2.45) is 0 Å². The average Bonchev–Trinajstić information content (AvgIpc) is 2.38. The smallest absolute Gasteiger partial charge is 0.0541 e. The van der Waals surface area contributed by atoms with E-state index >= 15 is 0 Å². The Kier molecular flexibility index (Phi) is 4.29. The zero-order valence-corrected chi connectivity index (χ0v) is 11.3. The minimum Gasteiger partial charge on any atom is -0.305 e. The van der Waals surface area contributed by atoms with E-state index in [4.69, 9.17) is 0 Å². The molecule has 0 fully saturated rings. The van der Waals surface area contributed by atoms with E-state index in [1.807, 2.05) is 24.4 Å². The maximum Gasteiger partial charge on any atom is 0.0541 e. The Bertz CT molecular complexity index is 453. The molecular weight excluding hydrogens is 276 g/mol. The molecule has 0 radical (unpaired) electrons. The van der Waals surface area contributed by atoms with E-state index in [9.17, 15) is 0 Å². The second-order valence-corrected chi connectivity index (χ2v) is 4.89. The summed E-state index contributed by atoms with van der Waals surface area (Å²) in [5, 5.41) is 3.46. The van der Waals surface area contributed by atoms with Gasteiger partial charge in [0.15, 0.2) is 0 Å². The first-order valence-electron chi connectivity index (χ1n) is 5.64. The minimum atomic E-state index is 0.324. The molecule has 1 heterocycles. The Morgan fingerprint density at radius 3 is 2.59 bits per heavy atom. The Labute approximate surface area is 110 Å². The second kappa shape index (κ2) is 5.94. The first kappa shape index (κ1) is 12.3. The summed E-state index contributed by atoms with van der Waals surface area (Å²) in [5.41, 5.74) is 2.35. The summed E-state index contributed by atoms with van der Waals surface area (Å²) in [5.74, 6) is 0. The number of hydrogen-bond donors (Lipinski definition) is 1. The molecule has 0 spiro atoms. The van der Waals surface area contributed by atoms with Crippen LogP contribution in [0.3, 0.4) is 0 Å². The van der Waals surface area contributed by atoms with Gasteiger partial charge in [0, 0.05) is 23.3 Å². The molecule has 1 aromatic heterocycles. The summed E-state index contributed by atoms with van der Waals surface area (Å²) in [4.78, 5) is 4.29. The molecule has 17 heavy (non-hydrogen) atoms. The lowest BCUT2D eigenvalue weighted by Gasteiger charge is -2.13. The number of nitrogens with one attached hydrogen (secondary N) is 1. The minimum absolute atomic E-state index is 0.324. The van der Waals surface area contributed by atoms with Crippen molar-refractivity contribution in [3.8, 4) is 0 Å². The van der Waals surface area contributed by atoms with Gasteiger partial charge in [-0.25, -0.2) is 0 Å². The molecule has 2 nitrogen and oxygen atoms in total. The second-order valence-electron chi connectivity index (χ2n) is 3.98. The molecule has 0 aliphatic heterocycles. The number of hydrogen-bond acceptors (Lipinski definition) is 2. The van der Waals surface area contributed by atoms with Crippen LogP contribution >= 0.6 is 15.9 Å². The van der Waals surface area contributed by atoms with Crippen LogP contribution in [-0.2, 0) is 6.54 Å². The number of aromatic nitrogens is 1. The molecule has 1 atom stereocenters. The van der Waals surface area contributed by atoms with Gasteiger partial charge in [0.05, 0.1) is 5.69 Å². The van der Waals surface area contributed by atoms with Crippen LogP contribution in [0.15, 0.2) is 53.1 Å². The van der Waals surface area contributed by atoms with E-state index in [-0.39, 0.29) is 0 Å². The van der Waals surface area contributed by atoms with Gasteiger partial charge in [0.2, 0.25) is 0 Å². The van der Waals surface area contributed by atoms with Crippen molar-refractivity contribution >= 4 is 15.9 Å². The SMILES string of the molecule is C[C@@H](NCc1ccccn1)c1ccc(Br)cc1. The summed E-state index contributed by atoms with van der Waals surface area (Å²) in [6, 6.07) is 14.7. The normalized spacial score (nSPS) is 12.4. The van der Waals surface area contributed by atoms with E-state index < -0.39 is 0 Å². The van der Waals surface area contributed by atoms with Crippen LogP contribution in [0.2, 0.25) is 0 Å². The summed E-state index contributed by atoms with van der Waals surface area (Å²) < 4.78 is 1.11. The molecule has 2 rings (SSSR count). The Balaban J connectivity index is 1.93. The lowest BCUT2D eigenvalue weighted by molar-refractivity contribution is 0.568. The Hall–Kier alpha value is -1.19. The third-order valence-corrected chi connectivity index (χ3v) is 3.21. The van der Waals surface area contributed by atoms with Crippen LogP contribution in [0, 0.1) is 0 Å². The van der Waals surface area contributed by atoms with E-state index in [2.05, 4.69) is 57.4 Å². The fraction of sp³-hybridized carbons (Fsp3) is 0.214. The molecule has 0 saturated heterocycles. The largest absolute Gasteiger partial charge is 0.305 e. The molecule has 0 bridgehead atoms. The van der Waals surface area contributed by atoms with Crippen molar-refractivity contribution in [2.75, 3.05) is 0 Å². The molecule has 0 amide bonds. The molecular formula is C14H15BrN2. The van der Waals surface area contributed by atoms with Crippen molar-refractivity contribution in [3.05, 3.63) is 64.4 Å². The van der Waals surface area contributed by atoms with Gasteiger partial charge in [-0.15, -0.1) is 0 Å². The van der Waals surface area contributed by atoms with E-state index in [0.29, 0.717) is 6.04 Å². The van der Waals surface area contributed by atoms with Gasteiger partial charge in [-0.2, -0.15) is 0 Å². The zero-order chi connectivity index (χ0) is 12.1. The molecule has 1 N–H and O–H groups in total. The molecule has 1 aromatic carbocycles. The van der Waals surface area contributed by atoms with Gasteiger partial charge in [0.25, 0.3) is 0 Å². The summed E-state index contributed by atoms with van der Waals surface area (Å²) >= 11 is 3.44. The van der Waals surface area contributed by atoms with Crippen LogP contribution in [0.4, 0.5) is 0 Å². The third kappa shape index (κ3) is 3.65. The number of benzene rings is 1. The van der Waals surface area contributed by atoms with Gasteiger partial charge in [-0.1, -0.05) is 34.1 Å². The van der Waals surface area contributed by atoms with Crippen LogP contribution in [0.5, 0.6) is 0 Å². The maximum absolute atomic E-state index is 4.29. The van der Waals surface area contributed by atoms with Gasteiger partial charge in [0.1, 0.15) is 0 Å². The first-order chi connectivity index (χ1) is 8.25. The maximum atomic E-state index is 4.29. The van der Waals surface area contributed by atoms with Crippen molar-refractivity contribution in [1.29, 1.82) is 0 Å². The summed E-state index contributed by atoms with van der Waals surface area (Å²) in [6.45, 7) is 2.95. The van der Waals surface area contributed by atoms with Gasteiger partial charge in [-0.3, -0.25) is 4.98 Å².